The third-order valence-electron chi connectivity index (χ3n) is 3.89. The summed E-state index contributed by atoms with van der Waals surface area (Å²) < 4.78 is 5.92. The lowest BCUT2D eigenvalue weighted by Crippen LogP contribution is -2.03. The number of hydrogen-bond acceptors (Lipinski definition) is 2. The Labute approximate surface area is 142 Å². The van der Waals surface area contributed by atoms with E-state index in [-0.39, 0.29) is 5.78 Å². The number of aryl methyl sites for hydroxylation is 1. The molecule has 0 N–H and O–H groups in total. The summed E-state index contributed by atoms with van der Waals surface area (Å²) in [4.78, 5) is 12.5. The molecule has 0 saturated heterocycles. The van der Waals surface area contributed by atoms with Gasteiger partial charge in [-0.25, -0.2) is 0 Å². The van der Waals surface area contributed by atoms with Crippen LogP contribution in [0.3, 0.4) is 0 Å². The van der Waals surface area contributed by atoms with Gasteiger partial charge in [0.15, 0.2) is 5.78 Å². The molecule has 0 fully saturated rings. The summed E-state index contributed by atoms with van der Waals surface area (Å²) in [5.74, 6) is 0.595. The van der Waals surface area contributed by atoms with Gasteiger partial charge in [-0.15, -0.1) is 0 Å². The molecule has 0 bridgehead atoms. The highest BCUT2D eigenvalue weighted by Gasteiger charge is 2.11. The number of rotatable bonds is 6. The zero-order valence-corrected chi connectivity index (χ0v) is 13.7. The fourth-order valence-electron chi connectivity index (χ4n) is 2.55. The molecule has 2 aromatic rings. The molecule has 2 aromatic carbocycles. The standard InChI is InChI=1S/C22H20O2/c1-17-11-13-20(21(23)14-12-18-7-5-6-8-18)22(15-17)24-16-19-9-3-2-4-10-19/h2-7,9-15H,8,16H2,1H3. The Morgan fingerprint density at radius 1 is 1.17 bits per heavy atom. The van der Waals surface area contributed by atoms with E-state index in [1.165, 1.54) is 0 Å². The summed E-state index contributed by atoms with van der Waals surface area (Å²) in [5.41, 5.74) is 3.89. The molecule has 0 spiro atoms. The smallest absolute Gasteiger partial charge is 0.189 e. The summed E-state index contributed by atoms with van der Waals surface area (Å²) in [5, 5.41) is 0. The molecule has 24 heavy (non-hydrogen) atoms. The van der Waals surface area contributed by atoms with E-state index in [0.29, 0.717) is 17.9 Å². The van der Waals surface area contributed by atoms with Crippen LogP contribution >= 0.6 is 0 Å². The largest absolute Gasteiger partial charge is 0.488 e. The Kier molecular flexibility index (Phi) is 5.07. The van der Waals surface area contributed by atoms with Gasteiger partial charge in [0.1, 0.15) is 12.4 Å². The number of benzene rings is 2. The second kappa shape index (κ2) is 7.60. The predicted molar refractivity (Wildman–Crippen MR) is 97.3 cm³/mol. The van der Waals surface area contributed by atoms with Crippen LogP contribution in [0, 0.1) is 6.92 Å². The van der Waals surface area contributed by atoms with Crippen LogP contribution in [0.15, 0.2) is 84.5 Å². The third kappa shape index (κ3) is 4.11. The fraction of sp³-hybridized carbons (Fsp3) is 0.136. The molecule has 1 aliphatic rings. The molecular formula is C22H20O2. The number of carbonyl (C=O) groups excluding carboxylic acids is 1. The van der Waals surface area contributed by atoms with Gasteiger partial charge in [0, 0.05) is 0 Å². The first-order chi connectivity index (χ1) is 11.7. The molecule has 0 amide bonds. The minimum atomic E-state index is -0.0362. The molecule has 3 rings (SSSR count). The lowest BCUT2D eigenvalue weighted by Gasteiger charge is -2.11. The van der Waals surface area contributed by atoms with Crippen LogP contribution in [0.2, 0.25) is 0 Å². The highest BCUT2D eigenvalue weighted by atomic mass is 16.5. The van der Waals surface area contributed by atoms with Gasteiger partial charge in [-0.2, -0.15) is 0 Å². The number of ketones is 1. The zero-order chi connectivity index (χ0) is 16.8. The van der Waals surface area contributed by atoms with Crippen LogP contribution in [0.4, 0.5) is 0 Å². The minimum Gasteiger partial charge on any atom is -0.488 e. The molecule has 0 aliphatic heterocycles. The molecule has 0 aromatic heterocycles. The molecule has 2 heteroatoms. The van der Waals surface area contributed by atoms with Gasteiger partial charge in [0.2, 0.25) is 0 Å². The van der Waals surface area contributed by atoms with E-state index in [2.05, 4.69) is 6.08 Å². The second-order valence-electron chi connectivity index (χ2n) is 5.85. The van der Waals surface area contributed by atoms with Crippen LogP contribution in [0.1, 0.15) is 27.9 Å². The van der Waals surface area contributed by atoms with Crippen LogP contribution < -0.4 is 4.74 Å². The molecule has 1 aliphatic carbocycles. The number of carbonyl (C=O) groups is 1. The van der Waals surface area contributed by atoms with Crippen molar-refractivity contribution in [2.75, 3.05) is 0 Å². The molecule has 0 radical (unpaired) electrons. The predicted octanol–water partition coefficient (Wildman–Crippen LogP) is 5.20. The maximum Gasteiger partial charge on any atom is 0.189 e. The average molecular weight is 316 g/mol. The van der Waals surface area contributed by atoms with Crippen molar-refractivity contribution < 1.29 is 9.53 Å². The Balaban J connectivity index is 1.76. The summed E-state index contributed by atoms with van der Waals surface area (Å²) in [6, 6.07) is 15.6. The fourth-order valence-corrected chi connectivity index (χ4v) is 2.55. The first-order valence-electron chi connectivity index (χ1n) is 8.08. The van der Waals surface area contributed by atoms with Crippen molar-refractivity contribution in [2.24, 2.45) is 0 Å². The molecule has 120 valence electrons. The average Bonchev–Trinajstić information content (AvgIpc) is 3.12. The molecule has 0 heterocycles. The first-order valence-corrected chi connectivity index (χ1v) is 8.08. The number of hydrogen-bond donors (Lipinski definition) is 0. The van der Waals surface area contributed by atoms with Crippen molar-refractivity contribution in [2.45, 2.75) is 20.0 Å². The molecule has 0 atom stereocenters. The maximum absolute atomic E-state index is 12.5. The van der Waals surface area contributed by atoms with Crippen molar-refractivity contribution in [3.05, 3.63) is 101 Å². The Bertz CT molecular complexity index is 811. The van der Waals surface area contributed by atoms with Gasteiger partial charge in [-0.3, -0.25) is 4.79 Å². The Morgan fingerprint density at radius 2 is 2.00 bits per heavy atom. The SMILES string of the molecule is Cc1ccc(C(=O)C=CC2=CC=CC2)c(OCc2ccccc2)c1. The van der Waals surface area contributed by atoms with E-state index < -0.39 is 0 Å². The highest BCUT2D eigenvalue weighted by molar-refractivity contribution is 6.06. The van der Waals surface area contributed by atoms with Gasteiger partial charge in [0.05, 0.1) is 5.56 Å². The van der Waals surface area contributed by atoms with Gasteiger partial charge in [-0.05, 0) is 48.3 Å². The van der Waals surface area contributed by atoms with E-state index in [1.54, 1.807) is 6.08 Å². The van der Waals surface area contributed by atoms with Crippen molar-refractivity contribution in [1.29, 1.82) is 0 Å². The van der Waals surface area contributed by atoms with Crippen LogP contribution in [-0.4, -0.2) is 5.78 Å². The summed E-state index contributed by atoms with van der Waals surface area (Å²) in [6.07, 6.45) is 10.5. The summed E-state index contributed by atoms with van der Waals surface area (Å²) >= 11 is 0. The number of allylic oxidation sites excluding steroid dienone is 6. The molecule has 0 saturated carbocycles. The van der Waals surface area contributed by atoms with E-state index in [0.717, 1.165) is 23.1 Å². The Hall–Kier alpha value is -2.87. The van der Waals surface area contributed by atoms with Crippen molar-refractivity contribution >= 4 is 5.78 Å². The van der Waals surface area contributed by atoms with Gasteiger partial charge in [-0.1, -0.05) is 60.7 Å². The van der Waals surface area contributed by atoms with Crippen molar-refractivity contribution in [1.82, 2.24) is 0 Å². The van der Waals surface area contributed by atoms with E-state index >= 15 is 0 Å². The lowest BCUT2D eigenvalue weighted by atomic mass is 10.1. The maximum atomic E-state index is 12.5. The van der Waals surface area contributed by atoms with Gasteiger partial charge in [0.25, 0.3) is 0 Å². The summed E-state index contributed by atoms with van der Waals surface area (Å²) in [7, 11) is 0. The van der Waals surface area contributed by atoms with E-state index in [9.17, 15) is 4.79 Å². The monoisotopic (exact) mass is 316 g/mol. The van der Waals surface area contributed by atoms with Gasteiger partial charge < -0.3 is 4.74 Å². The zero-order valence-electron chi connectivity index (χ0n) is 13.7. The normalized spacial score (nSPS) is 13.3. The van der Waals surface area contributed by atoms with E-state index in [1.807, 2.05) is 73.7 Å². The third-order valence-corrected chi connectivity index (χ3v) is 3.89. The number of ether oxygens (including phenoxy) is 1. The lowest BCUT2D eigenvalue weighted by molar-refractivity contribution is 0.104. The second-order valence-corrected chi connectivity index (χ2v) is 5.85. The summed E-state index contributed by atoms with van der Waals surface area (Å²) in [6.45, 7) is 2.44. The van der Waals surface area contributed by atoms with Crippen LogP contribution in [-0.2, 0) is 6.61 Å². The molecule has 2 nitrogen and oxygen atoms in total. The molecular weight excluding hydrogens is 296 g/mol. The molecule has 0 unspecified atom stereocenters. The Morgan fingerprint density at radius 3 is 2.75 bits per heavy atom. The van der Waals surface area contributed by atoms with Crippen molar-refractivity contribution in [3.63, 3.8) is 0 Å². The van der Waals surface area contributed by atoms with Crippen molar-refractivity contribution in [3.8, 4) is 5.75 Å². The minimum absolute atomic E-state index is 0.0362. The quantitative estimate of drug-likeness (QED) is 0.541. The van der Waals surface area contributed by atoms with E-state index in [4.69, 9.17) is 4.74 Å². The van der Waals surface area contributed by atoms with Gasteiger partial charge >= 0.3 is 0 Å². The van der Waals surface area contributed by atoms with Crippen LogP contribution in [0.5, 0.6) is 5.75 Å². The first kappa shape index (κ1) is 16.0. The topological polar surface area (TPSA) is 26.3 Å². The highest BCUT2D eigenvalue weighted by Crippen LogP contribution is 2.23. The van der Waals surface area contributed by atoms with Crippen LogP contribution in [0.25, 0.3) is 0 Å².